The Balaban J connectivity index is 1.53. The Morgan fingerprint density at radius 2 is 2.14 bits per heavy atom. The lowest BCUT2D eigenvalue weighted by Gasteiger charge is -2.39. The molecule has 0 atom stereocenters. The summed E-state index contributed by atoms with van der Waals surface area (Å²) < 4.78 is 5.56. The fourth-order valence-electron chi connectivity index (χ4n) is 3.54. The molecule has 0 aromatic heterocycles. The van der Waals surface area contributed by atoms with E-state index in [0.29, 0.717) is 0 Å². The predicted molar refractivity (Wildman–Crippen MR) is 88.4 cm³/mol. The standard InChI is InChI=1S/C18H26ClNO/c1-14-4-8-18(13-19,9-5-14)20-10-6-15-2-3-17-16(12-15)7-11-21-17/h2-3,12,14,20H,4-11,13H2,1H3. The van der Waals surface area contributed by atoms with Crippen molar-refractivity contribution >= 4 is 11.6 Å². The van der Waals surface area contributed by atoms with Gasteiger partial charge in [0, 0.05) is 17.8 Å². The predicted octanol–water partition coefficient (Wildman–Crippen LogP) is 3.94. The quantitative estimate of drug-likeness (QED) is 0.832. The van der Waals surface area contributed by atoms with Gasteiger partial charge in [-0.3, -0.25) is 0 Å². The molecule has 0 bridgehead atoms. The molecule has 1 aliphatic carbocycles. The highest BCUT2D eigenvalue weighted by Gasteiger charge is 2.32. The van der Waals surface area contributed by atoms with Gasteiger partial charge in [-0.05, 0) is 61.8 Å². The normalized spacial score (nSPS) is 28.2. The van der Waals surface area contributed by atoms with E-state index in [2.05, 4.69) is 30.4 Å². The van der Waals surface area contributed by atoms with Gasteiger partial charge < -0.3 is 10.1 Å². The fraction of sp³-hybridized carbons (Fsp3) is 0.667. The molecule has 0 unspecified atom stereocenters. The average molecular weight is 308 g/mol. The first-order chi connectivity index (χ1) is 10.2. The van der Waals surface area contributed by atoms with Crippen LogP contribution in [0.2, 0.25) is 0 Å². The zero-order valence-electron chi connectivity index (χ0n) is 13.0. The van der Waals surface area contributed by atoms with Crippen LogP contribution in [0.4, 0.5) is 0 Å². The summed E-state index contributed by atoms with van der Waals surface area (Å²) >= 11 is 6.26. The molecule has 1 saturated carbocycles. The zero-order valence-corrected chi connectivity index (χ0v) is 13.7. The summed E-state index contributed by atoms with van der Waals surface area (Å²) in [6, 6.07) is 6.62. The molecule has 2 nitrogen and oxygen atoms in total. The molecule has 1 fully saturated rings. The van der Waals surface area contributed by atoms with Crippen molar-refractivity contribution in [2.24, 2.45) is 5.92 Å². The number of alkyl halides is 1. The molecule has 1 N–H and O–H groups in total. The van der Waals surface area contributed by atoms with Gasteiger partial charge in [0.25, 0.3) is 0 Å². The van der Waals surface area contributed by atoms with Crippen LogP contribution in [0, 0.1) is 5.92 Å². The van der Waals surface area contributed by atoms with Crippen molar-refractivity contribution in [1.82, 2.24) is 5.32 Å². The smallest absolute Gasteiger partial charge is 0.122 e. The third-order valence-electron chi connectivity index (χ3n) is 5.15. The van der Waals surface area contributed by atoms with Crippen LogP contribution in [-0.4, -0.2) is 24.6 Å². The van der Waals surface area contributed by atoms with Crippen LogP contribution in [0.3, 0.4) is 0 Å². The van der Waals surface area contributed by atoms with E-state index in [4.69, 9.17) is 16.3 Å². The van der Waals surface area contributed by atoms with Crippen molar-refractivity contribution in [2.75, 3.05) is 19.0 Å². The van der Waals surface area contributed by atoms with Crippen molar-refractivity contribution in [2.45, 2.75) is 51.0 Å². The maximum Gasteiger partial charge on any atom is 0.122 e. The van der Waals surface area contributed by atoms with Crippen molar-refractivity contribution < 1.29 is 4.74 Å². The number of nitrogens with one attached hydrogen (secondary N) is 1. The van der Waals surface area contributed by atoms with E-state index < -0.39 is 0 Å². The second-order valence-corrected chi connectivity index (χ2v) is 7.08. The number of benzene rings is 1. The Bertz CT molecular complexity index is 480. The lowest BCUT2D eigenvalue weighted by molar-refractivity contribution is 0.219. The lowest BCUT2D eigenvalue weighted by Crippen LogP contribution is -2.50. The van der Waals surface area contributed by atoms with E-state index in [1.807, 2.05) is 0 Å². The SMILES string of the molecule is CC1CCC(CCl)(NCCc2ccc3c(c2)CCO3)CC1. The molecule has 3 heteroatoms. The van der Waals surface area contributed by atoms with Gasteiger partial charge in [-0.1, -0.05) is 19.1 Å². The number of halogens is 1. The van der Waals surface area contributed by atoms with Crippen molar-refractivity contribution in [1.29, 1.82) is 0 Å². The third-order valence-corrected chi connectivity index (χ3v) is 5.67. The van der Waals surface area contributed by atoms with Crippen LogP contribution in [0.1, 0.15) is 43.7 Å². The summed E-state index contributed by atoms with van der Waals surface area (Å²) in [6.07, 6.45) is 7.17. The first-order valence-corrected chi connectivity index (χ1v) is 8.80. The zero-order chi connectivity index (χ0) is 14.7. The van der Waals surface area contributed by atoms with E-state index in [1.54, 1.807) is 0 Å². The summed E-state index contributed by atoms with van der Waals surface area (Å²) in [7, 11) is 0. The van der Waals surface area contributed by atoms with E-state index in [9.17, 15) is 0 Å². The van der Waals surface area contributed by atoms with Gasteiger partial charge in [0.2, 0.25) is 0 Å². The third kappa shape index (κ3) is 3.54. The summed E-state index contributed by atoms with van der Waals surface area (Å²) in [5.41, 5.74) is 2.94. The number of fused-ring (bicyclic) bond motifs is 1. The highest BCUT2D eigenvalue weighted by molar-refractivity contribution is 6.18. The van der Waals surface area contributed by atoms with Gasteiger partial charge in [0.05, 0.1) is 6.61 Å². The first kappa shape index (κ1) is 15.2. The van der Waals surface area contributed by atoms with Crippen LogP contribution in [0.15, 0.2) is 18.2 Å². The lowest BCUT2D eigenvalue weighted by atomic mass is 9.78. The summed E-state index contributed by atoms with van der Waals surface area (Å²) in [5, 5.41) is 3.76. The molecule has 0 radical (unpaired) electrons. The summed E-state index contributed by atoms with van der Waals surface area (Å²) in [4.78, 5) is 0. The second kappa shape index (κ2) is 6.58. The Morgan fingerprint density at radius 1 is 1.33 bits per heavy atom. The molecule has 1 aromatic carbocycles. The monoisotopic (exact) mass is 307 g/mol. The molecule has 0 saturated heterocycles. The van der Waals surface area contributed by atoms with Gasteiger partial charge in [-0.25, -0.2) is 0 Å². The Labute approximate surface area is 133 Å². The Kier molecular flexibility index (Phi) is 4.75. The molecular formula is C18H26ClNO. The fourth-order valence-corrected chi connectivity index (χ4v) is 3.90. The van der Waals surface area contributed by atoms with E-state index in [-0.39, 0.29) is 5.54 Å². The summed E-state index contributed by atoms with van der Waals surface area (Å²) in [6.45, 7) is 4.20. The van der Waals surface area contributed by atoms with Crippen molar-refractivity contribution in [3.8, 4) is 5.75 Å². The number of rotatable bonds is 5. The molecule has 1 aliphatic heterocycles. The Hall–Kier alpha value is -0.730. The minimum atomic E-state index is 0.175. The second-order valence-electron chi connectivity index (χ2n) is 6.81. The molecule has 1 aromatic rings. The highest BCUT2D eigenvalue weighted by Crippen LogP contribution is 2.33. The molecule has 0 amide bonds. The van der Waals surface area contributed by atoms with Gasteiger partial charge in [-0.15, -0.1) is 11.6 Å². The first-order valence-electron chi connectivity index (χ1n) is 8.26. The topological polar surface area (TPSA) is 21.3 Å². The minimum absolute atomic E-state index is 0.175. The average Bonchev–Trinajstić information content (AvgIpc) is 2.97. The maximum absolute atomic E-state index is 6.26. The molecule has 3 rings (SSSR count). The maximum atomic E-state index is 6.26. The van der Waals surface area contributed by atoms with Crippen LogP contribution in [0.5, 0.6) is 5.75 Å². The van der Waals surface area contributed by atoms with Crippen molar-refractivity contribution in [3.63, 3.8) is 0 Å². The van der Waals surface area contributed by atoms with Crippen molar-refractivity contribution in [3.05, 3.63) is 29.3 Å². The van der Waals surface area contributed by atoms with Gasteiger partial charge in [-0.2, -0.15) is 0 Å². The molecular weight excluding hydrogens is 282 g/mol. The van der Waals surface area contributed by atoms with Crippen LogP contribution >= 0.6 is 11.6 Å². The largest absolute Gasteiger partial charge is 0.493 e. The highest BCUT2D eigenvalue weighted by atomic mass is 35.5. The Morgan fingerprint density at radius 3 is 2.90 bits per heavy atom. The molecule has 1 heterocycles. The van der Waals surface area contributed by atoms with E-state index >= 15 is 0 Å². The number of ether oxygens (including phenoxy) is 1. The molecule has 21 heavy (non-hydrogen) atoms. The van der Waals surface area contributed by atoms with Gasteiger partial charge in [0.1, 0.15) is 5.75 Å². The molecule has 2 aliphatic rings. The molecule has 0 spiro atoms. The van der Waals surface area contributed by atoms with Gasteiger partial charge in [0.15, 0.2) is 0 Å². The van der Waals surface area contributed by atoms with Gasteiger partial charge >= 0.3 is 0 Å². The van der Waals surface area contributed by atoms with Crippen LogP contribution in [0.25, 0.3) is 0 Å². The number of hydrogen-bond donors (Lipinski definition) is 1. The van der Waals surface area contributed by atoms with Crippen LogP contribution < -0.4 is 10.1 Å². The molecule has 116 valence electrons. The minimum Gasteiger partial charge on any atom is -0.493 e. The number of hydrogen-bond acceptors (Lipinski definition) is 2. The summed E-state index contributed by atoms with van der Waals surface area (Å²) in [5.74, 6) is 2.67. The van der Waals surface area contributed by atoms with E-state index in [0.717, 1.165) is 43.5 Å². The van der Waals surface area contributed by atoms with E-state index in [1.165, 1.54) is 36.8 Å². The van der Waals surface area contributed by atoms with Crippen LogP contribution in [-0.2, 0) is 12.8 Å².